The van der Waals surface area contributed by atoms with E-state index in [4.69, 9.17) is 11.6 Å². The molecule has 0 atom stereocenters. The van der Waals surface area contributed by atoms with Crippen LogP contribution in [0.2, 0.25) is 5.02 Å². The number of anilines is 1. The second-order valence-electron chi connectivity index (χ2n) is 5.49. The van der Waals surface area contributed by atoms with Gasteiger partial charge >= 0.3 is 0 Å². The summed E-state index contributed by atoms with van der Waals surface area (Å²) in [5.74, 6) is 0.916. The number of aryl methyl sites for hydroxylation is 1. The van der Waals surface area contributed by atoms with E-state index in [9.17, 15) is 4.79 Å². The summed E-state index contributed by atoms with van der Waals surface area (Å²) in [5, 5.41) is 4.49. The van der Waals surface area contributed by atoms with Crippen molar-refractivity contribution in [1.82, 2.24) is 9.55 Å². The third kappa shape index (κ3) is 3.05. The quantitative estimate of drug-likeness (QED) is 0.749. The van der Waals surface area contributed by atoms with E-state index in [1.807, 2.05) is 24.3 Å². The summed E-state index contributed by atoms with van der Waals surface area (Å²) in [6.07, 6.45) is 2.08. The van der Waals surface area contributed by atoms with Crippen molar-refractivity contribution in [2.24, 2.45) is 0 Å². The number of carbonyl (C=O) groups excluding carboxylic acids is 1. The molecule has 2 heterocycles. The number of hydrogen-bond acceptors (Lipinski definition) is 3. The van der Waals surface area contributed by atoms with Crippen molar-refractivity contribution in [2.75, 3.05) is 11.1 Å². The molecule has 0 unspecified atom stereocenters. The number of hydrogen-bond donors (Lipinski definition) is 1. The molecule has 1 N–H and O–H groups in total. The molecule has 2 aromatic carbocycles. The molecular formula is C18H14ClN3OS. The fourth-order valence-corrected chi connectivity index (χ4v) is 3.74. The number of aromatic nitrogens is 2. The van der Waals surface area contributed by atoms with Crippen molar-refractivity contribution in [1.29, 1.82) is 0 Å². The van der Waals surface area contributed by atoms with Crippen molar-refractivity contribution in [3.63, 3.8) is 0 Å². The number of carbonyl (C=O) groups is 1. The number of halogens is 1. The number of imidazole rings is 1. The van der Waals surface area contributed by atoms with Gasteiger partial charge in [0, 0.05) is 40.3 Å². The van der Waals surface area contributed by atoms with E-state index >= 15 is 0 Å². The summed E-state index contributed by atoms with van der Waals surface area (Å²) in [6.45, 7) is 1.01. The third-order valence-electron chi connectivity index (χ3n) is 3.83. The van der Waals surface area contributed by atoms with Gasteiger partial charge in [-0.05, 0) is 30.3 Å². The summed E-state index contributed by atoms with van der Waals surface area (Å²) < 4.78 is 2.18. The smallest absolute Gasteiger partial charge is 0.255 e. The second kappa shape index (κ2) is 6.34. The minimum Gasteiger partial charge on any atom is -0.325 e. The lowest BCUT2D eigenvalue weighted by atomic mass is 10.1. The molecule has 1 aromatic heterocycles. The zero-order chi connectivity index (χ0) is 16.5. The summed E-state index contributed by atoms with van der Waals surface area (Å²) >= 11 is 7.70. The second-order valence-corrected chi connectivity index (χ2v) is 6.99. The predicted molar refractivity (Wildman–Crippen MR) is 97.8 cm³/mol. The molecule has 0 radical (unpaired) electrons. The molecule has 4 rings (SSSR count). The van der Waals surface area contributed by atoms with Crippen LogP contribution in [0.1, 0.15) is 10.4 Å². The minimum atomic E-state index is -0.178. The fraction of sp³-hybridized carbons (Fsp3) is 0.111. The predicted octanol–water partition coefficient (Wildman–Crippen LogP) is 4.56. The van der Waals surface area contributed by atoms with E-state index in [1.165, 1.54) is 0 Å². The van der Waals surface area contributed by atoms with Crippen molar-refractivity contribution in [3.8, 4) is 11.3 Å². The maximum absolute atomic E-state index is 12.2. The molecule has 6 heteroatoms. The molecule has 0 bridgehead atoms. The molecular weight excluding hydrogens is 342 g/mol. The van der Waals surface area contributed by atoms with Crippen LogP contribution in [0.15, 0.2) is 59.9 Å². The first-order valence-corrected chi connectivity index (χ1v) is 8.93. The molecule has 24 heavy (non-hydrogen) atoms. The first-order valence-electron chi connectivity index (χ1n) is 7.56. The van der Waals surface area contributed by atoms with Crippen molar-refractivity contribution in [2.45, 2.75) is 11.7 Å². The molecule has 4 nitrogen and oxygen atoms in total. The van der Waals surface area contributed by atoms with Crippen LogP contribution in [-0.4, -0.2) is 21.2 Å². The number of benzene rings is 2. The number of nitrogens with one attached hydrogen (secondary N) is 1. The molecule has 0 saturated carbocycles. The molecule has 1 aliphatic rings. The number of fused-ring (bicyclic) bond motifs is 1. The highest BCUT2D eigenvalue weighted by atomic mass is 35.5. The standard InChI is InChI=1S/C18H14ClN3OS/c19-14-3-1-2-13(10-14)17(23)20-15-6-4-12(5-7-15)16-11-22-8-9-24-18(22)21-16/h1-7,10-11H,8-9H2,(H,20,23). The molecule has 0 spiro atoms. The first-order chi connectivity index (χ1) is 11.7. The normalized spacial score (nSPS) is 12.9. The van der Waals surface area contributed by atoms with Gasteiger partial charge in [0.05, 0.1) is 5.69 Å². The van der Waals surface area contributed by atoms with Gasteiger partial charge in [0.15, 0.2) is 5.16 Å². The average Bonchev–Trinajstić information content (AvgIpc) is 3.17. The summed E-state index contributed by atoms with van der Waals surface area (Å²) in [5.41, 5.74) is 3.28. The van der Waals surface area contributed by atoms with Gasteiger partial charge in [-0.15, -0.1) is 0 Å². The SMILES string of the molecule is O=C(Nc1ccc(-c2cn3c(n2)SCC3)cc1)c1cccc(Cl)c1. The van der Waals surface area contributed by atoms with Crippen LogP contribution < -0.4 is 5.32 Å². The number of nitrogens with zero attached hydrogens (tertiary/aromatic N) is 2. The molecule has 120 valence electrons. The Morgan fingerprint density at radius 2 is 2.04 bits per heavy atom. The molecule has 1 aliphatic heterocycles. The lowest BCUT2D eigenvalue weighted by Gasteiger charge is -2.06. The van der Waals surface area contributed by atoms with Crippen molar-refractivity contribution in [3.05, 3.63) is 65.3 Å². The topological polar surface area (TPSA) is 46.9 Å². The van der Waals surface area contributed by atoms with Gasteiger partial charge in [0.25, 0.3) is 5.91 Å². The maximum atomic E-state index is 12.2. The van der Waals surface area contributed by atoms with Crippen LogP contribution in [-0.2, 0) is 6.54 Å². The Labute approximate surface area is 148 Å². The number of thioether (sulfide) groups is 1. The van der Waals surface area contributed by atoms with Gasteiger partial charge < -0.3 is 9.88 Å². The van der Waals surface area contributed by atoms with Gasteiger partial charge in [-0.3, -0.25) is 4.79 Å². The Balaban J connectivity index is 1.50. The van der Waals surface area contributed by atoms with E-state index in [1.54, 1.807) is 36.0 Å². The van der Waals surface area contributed by atoms with Gasteiger partial charge in [-0.2, -0.15) is 0 Å². The number of rotatable bonds is 3. The third-order valence-corrected chi connectivity index (χ3v) is 5.03. The van der Waals surface area contributed by atoms with Gasteiger partial charge in [0.1, 0.15) is 0 Å². The zero-order valence-electron chi connectivity index (χ0n) is 12.7. The van der Waals surface area contributed by atoms with Crippen LogP contribution in [0, 0.1) is 0 Å². The van der Waals surface area contributed by atoms with E-state index in [2.05, 4.69) is 21.1 Å². The Bertz CT molecular complexity index is 883. The highest BCUT2D eigenvalue weighted by Crippen LogP contribution is 2.29. The van der Waals surface area contributed by atoms with Crippen LogP contribution in [0.4, 0.5) is 5.69 Å². The Hall–Kier alpha value is -2.24. The van der Waals surface area contributed by atoms with E-state index < -0.39 is 0 Å². The van der Waals surface area contributed by atoms with Gasteiger partial charge in [0.2, 0.25) is 0 Å². The van der Waals surface area contributed by atoms with Crippen LogP contribution in [0.25, 0.3) is 11.3 Å². The maximum Gasteiger partial charge on any atom is 0.255 e. The molecule has 0 aliphatic carbocycles. The van der Waals surface area contributed by atoms with Crippen LogP contribution in [0.5, 0.6) is 0 Å². The van der Waals surface area contributed by atoms with E-state index in [0.29, 0.717) is 10.6 Å². The summed E-state index contributed by atoms with van der Waals surface area (Å²) in [6, 6.07) is 14.6. The van der Waals surface area contributed by atoms with Crippen molar-refractivity contribution < 1.29 is 4.79 Å². The molecule has 0 fully saturated rings. The minimum absolute atomic E-state index is 0.178. The average molecular weight is 356 g/mol. The molecule has 3 aromatic rings. The highest BCUT2D eigenvalue weighted by Gasteiger charge is 2.15. The number of amides is 1. The fourth-order valence-electron chi connectivity index (χ4n) is 2.61. The first kappa shape index (κ1) is 15.3. The largest absolute Gasteiger partial charge is 0.325 e. The summed E-state index contributed by atoms with van der Waals surface area (Å²) in [7, 11) is 0. The summed E-state index contributed by atoms with van der Waals surface area (Å²) in [4.78, 5) is 16.9. The Kier molecular flexibility index (Phi) is 4.04. The molecule has 1 amide bonds. The highest BCUT2D eigenvalue weighted by molar-refractivity contribution is 7.99. The van der Waals surface area contributed by atoms with Crippen LogP contribution in [0.3, 0.4) is 0 Å². The lowest BCUT2D eigenvalue weighted by Crippen LogP contribution is -2.11. The van der Waals surface area contributed by atoms with Crippen LogP contribution >= 0.6 is 23.4 Å². The van der Waals surface area contributed by atoms with E-state index in [-0.39, 0.29) is 5.91 Å². The molecule has 0 saturated heterocycles. The Morgan fingerprint density at radius 3 is 2.79 bits per heavy atom. The van der Waals surface area contributed by atoms with Gasteiger partial charge in [-0.25, -0.2) is 4.98 Å². The van der Waals surface area contributed by atoms with Gasteiger partial charge in [-0.1, -0.05) is 41.6 Å². The zero-order valence-corrected chi connectivity index (χ0v) is 14.3. The van der Waals surface area contributed by atoms with E-state index in [0.717, 1.165) is 34.4 Å². The monoisotopic (exact) mass is 355 g/mol. The lowest BCUT2D eigenvalue weighted by molar-refractivity contribution is 0.102. The van der Waals surface area contributed by atoms with Crippen molar-refractivity contribution >= 4 is 35.0 Å². The Morgan fingerprint density at radius 1 is 1.21 bits per heavy atom.